The number of hydrogen-bond donors (Lipinski definition) is 1. The smallest absolute Gasteiger partial charge is 0.341 e. The van der Waals surface area contributed by atoms with Crippen LogP contribution in [0.2, 0.25) is 0 Å². The Labute approximate surface area is 179 Å². The number of aromatic nitrogens is 3. The molecule has 162 valence electrons. The summed E-state index contributed by atoms with van der Waals surface area (Å²) < 4.78 is 15.5. The zero-order valence-corrected chi connectivity index (χ0v) is 17.8. The van der Waals surface area contributed by atoms with E-state index in [1.54, 1.807) is 0 Å². The number of carboxylic acid groups (broad SMARTS) is 1. The van der Waals surface area contributed by atoms with E-state index in [1.165, 1.54) is 12.3 Å². The van der Waals surface area contributed by atoms with Gasteiger partial charge in [0.1, 0.15) is 22.9 Å². The molecular weight excluding hydrogens is 398 g/mol. The van der Waals surface area contributed by atoms with Crippen molar-refractivity contribution in [2.24, 2.45) is 5.41 Å². The standard InChI is InChI=1S/C23H25N3O5/c1-23(2,3)19-11-26-21(16-9-17(27)15(22(28)29)10-25(16)19)14-5-4-6-18(20(14)24-26)31-13-7-8-30-12-13/h4-6,9-10,13,19H,7-8,11-12H2,1-3H3,(H,28,29). The van der Waals surface area contributed by atoms with Crippen LogP contribution in [0, 0.1) is 5.41 Å². The molecule has 1 aromatic carbocycles. The van der Waals surface area contributed by atoms with Crippen molar-refractivity contribution in [3.63, 3.8) is 0 Å². The number of aromatic carboxylic acids is 1. The minimum Gasteiger partial charge on any atom is -0.486 e. The lowest BCUT2D eigenvalue weighted by molar-refractivity contribution is 0.0693. The van der Waals surface area contributed by atoms with Crippen LogP contribution in [-0.4, -0.2) is 44.7 Å². The summed E-state index contributed by atoms with van der Waals surface area (Å²) in [6.07, 6.45) is 2.32. The lowest BCUT2D eigenvalue weighted by Crippen LogP contribution is -2.35. The van der Waals surface area contributed by atoms with Crippen LogP contribution in [0.15, 0.2) is 35.3 Å². The second kappa shape index (κ2) is 6.95. The van der Waals surface area contributed by atoms with Crippen LogP contribution >= 0.6 is 0 Å². The summed E-state index contributed by atoms with van der Waals surface area (Å²) in [6, 6.07) is 7.13. The van der Waals surface area contributed by atoms with E-state index in [9.17, 15) is 14.7 Å². The maximum atomic E-state index is 12.6. The van der Waals surface area contributed by atoms with Gasteiger partial charge in [-0.15, -0.1) is 0 Å². The van der Waals surface area contributed by atoms with Crippen molar-refractivity contribution in [1.82, 2.24) is 14.3 Å². The molecule has 0 aliphatic carbocycles. The van der Waals surface area contributed by atoms with Crippen LogP contribution in [0.5, 0.6) is 5.75 Å². The molecule has 2 atom stereocenters. The van der Waals surface area contributed by atoms with Gasteiger partial charge in [0.2, 0.25) is 0 Å². The molecule has 2 unspecified atom stereocenters. The summed E-state index contributed by atoms with van der Waals surface area (Å²) >= 11 is 0. The van der Waals surface area contributed by atoms with Crippen LogP contribution in [0.4, 0.5) is 0 Å². The highest BCUT2D eigenvalue weighted by molar-refractivity contribution is 5.96. The number of fused-ring (bicyclic) bond motifs is 5. The molecule has 2 aliphatic rings. The van der Waals surface area contributed by atoms with Crippen molar-refractivity contribution in [2.75, 3.05) is 13.2 Å². The largest absolute Gasteiger partial charge is 0.486 e. The maximum Gasteiger partial charge on any atom is 0.341 e. The third-order valence-electron chi connectivity index (χ3n) is 6.15. The third kappa shape index (κ3) is 3.22. The zero-order chi connectivity index (χ0) is 21.9. The fourth-order valence-corrected chi connectivity index (χ4v) is 4.51. The minimum atomic E-state index is -1.22. The van der Waals surface area contributed by atoms with E-state index in [0.717, 1.165) is 23.0 Å². The lowest BCUT2D eigenvalue weighted by Gasteiger charge is -2.38. The first-order chi connectivity index (χ1) is 14.7. The van der Waals surface area contributed by atoms with Gasteiger partial charge in [-0.05, 0) is 11.5 Å². The van der Waals surface area contributed by atoms with Crippen molar-refractivity contribution in [1.29, 1.82) is 0 Å². The Morgan fingerprint density at radius 1 is 1.32 bits per heavy atom. The third-order valence-corrected chi connectivity index (χ3v) is 6.15. The maximum absolute atomic E-state index is 12.6. The Morgan fingerprint density at radius 3 is 2.81 bits per heavy atom. The van der Waals surface area contributed by atoms with E-state index in [1.807, 2.05) is 27.4 Å². The van der Waals surface area contributed by atoms with Gasteiger partial charge in [-0.2, -0.15) is 5.10 Å². The number of benzene rings is 1. The summed E-state index contributed by atoms with van der Waals surface area (Å²) in [4.78, 5) is 24.2. The zero-order valence-electron chi connectivity index (χ0n) is 17.8. The first kappa shape index (κ1) is 19.8. The van der Waals surface area contributed by atoms with Gasteiger partial charge in [-0.3, -0.25) is 9.48 Å². The Bertz CT molecular complexity index is 1240. The van der Waals surface area contributed by atoms with Gasteiger partial charge in [0.05, 0.1) is 37.2 Å². The molecule has 0 saturated carbocycles. The molecule has 1 saturated heterocycles. The fourth-order valence-electron chi connectivity index (χ4n) is 4.51. The summed E-state index contributed by atoms with van der Waals surface area (Å²) in [7, 11) is 0. The van der Waals surface area contributed by atoms with Gasteiger partial charge in [-0.25, -0.2) is 4.79 Å². The highest BCUT2D eigenvalue weighted by Crippen LogP contribution is 2.43. The van der Waals surface area contributed by atoms with Crippen molar-refractivity contribution in [3.05, 3.63) is 46.2 Å². The SMILES string of the molecule is CC(C)(C)C1Cn2nc3c(OC4CCOC4)cccc3c2-c2cc(=O)c(C(=O)O)cn21. The Kier molecular flexibility index (Phi) is 4.44. The predicted octanol–water partition coefficient (Wildman–Crippen LogP) is 3.33. The summed E-state index contributed by atoms with van der Waals surface area (Å²) in [6.45, 7) is 8.12. The molecule has 0 bridgehead atoms. The first-order valence-corrected chi connectivity index (χ1v) is 10.5. The number of carbonyl (C=O) groups is 1. The second-order valence-electron chi connectivity index (χ2n) is 9.32. The molecule has 0 amide bonds. The van der Waals surface area contributed by atoms with Crippen LogP contribution < -0.4 is 10.2 Å². The van der Waals surface area contributed by atoms with Gasteiger partial charge >= 0.3 is 5.97 Å². The number of rotatable bonds is 3. The highest BCUT2D eigenvalue weighted by Gasteiger charge is 2.35. The molecule has 4 heterocycles. The molecule has 2 aliphatic heterocycles. The van der Waals surface area contributed by atoms with Gasteiger partial charge < -0.3 is 19.1 Å². The van der Waals surface area contributed by atoms with E-state index >= 15 is 0 Å². The van der Waals surface area contributed by atoms with Gasteiger partial charge in [0, 0.05) is 24.1 Å². The molecule has 0 radical (unpaired) electrons. The summed E-state index contributed by atoms with van der Waals surface area (Å²) in [5.74, 6) is -0.523. The van der Waals surface area contributed by atoms with Crippen LogP contribution in [0.3, 0.4) is 0 Å². The van der Waals surface area contributed by atoms with Crippen molar-refractivity contribution < 1.29 is 19.4 Å². The Hall–Kier alpha value is -3.13. The molecule has 3 aromatic rings. The molecule has 8 heteroatoms. The summed E-state index contributed by atoms with van der Waals surface area (Å²) in [5.41, 5.74) is 1.30. The van der Waals surface area contributed by atoms with Crippen LogP contribution in [0.25, 0.3) is 22.3 Å². The number of ether oxygens (including phenoxy) is 2. The minimum absolute atomic E-state index is 0.000294. The Balaban J connectivity index is 1.73. The van der Waals surface area contributed by atoms with E-state index in [0.29, 0.717) is 31.2 Å². The molecule has 1 fully saturated rings. The van der Waals surface area contributed by atoms with Crippen molar-refractivity contribution in [3.8, 4) is 17.1 Å². The van der Waals surface area contributed by atoms with Gasteiger partial charge in [-0.1, -0.05) is 32.9 Å². The molecule has 1 N–H and O–H groups in total. The number of carboxylic acids is 1. The molecule has 0 spiro atoms. The van der Waals surface area contributed by atoms with E-state index in [2.05, 4.69) is 20.8 Å². The van der Waals surface area contributed by atoms with Gasteiger partial charge in [0.25, 0.3) is 0 Å². The van der Waals surface area contributed by atoms with E-state index in [4.69, 9.17) is 14.6 Å². The van der Waals surface area contributed by atoms with Crippen LogP contribution in [0.1, 0.15) is 43.6 Å². The molecule has 8 nitrogen and oxygen atoms in total. The van der Waals surface area contributed by atoms with Crippen molar-refractivity contribution >= 4 is 16.9 Å². The highest BCUT2D eigenvalue weighted by atomic mass is 16.5. The molecule has 2 aromatic heterocycles. The number of pyridine rings is 1. The average molecular weight is 423 g/mol. The van der Waals surface area contributed by atoms with Gasteiger partial charge in [0.15, 0.2) is 5.43 Å². The van der Waals surface area contributed by atoms with E-state index < -0.39 is 11.4 Å². The van der Waals surface area contributed by atoms with Crippen molar-refractivity contribution in [2.45, 2.75) is 45.9 Å². The van der Waals surface area contributed by atoms with E-state index in [-0.39, 0.29) is 23.1 Å². The lowest BCUT2D eigenvalue weighted by atomic mass is 9.85. The second-order valence-corrected chi connectivity index (χ2v) is 9.32. The molecular formula is C23H25N3O5. The molecule has 5 rings (SSSR count). The topological polar surface area (TPSA) is 95.6 Å². The predicted molar refractivity (Wildman–Crippen MR) is 115 cm³/mol. The average Bonchev–Trinajstić information content (AvgIpc) is 3.34. The summed E-state index contributed by atoms with van der Waals surface area (Å²) in [5, 5.41) is 15.2. The quantitative estimate of drug-likeness (QED) is 0.694. The normalized spacial score (nSPS) is 20.5. The van der Waals surface area contributed by atoms with Crippen LogP contribution in [-0.2, 0) is 11.3 Å². The number of nitrogens with zero attached hydrogens (tertiary/aromatic N) is 3. The molecule has 31 heavy (non-hydrogen) atoms. The number of hydrogen-bond acceptors (Lipinski definition) is 5. The monoisotopic (exact) mass is 423 g/mol. The fraction of sp³-hybridized carbons (Fsp3) is 0.435. The first-order valence-electron chi connectivity index (χ1n) is 10.5. The Morgan fingerprint density at radius 2 is 2.13 bits per heavy atom.